The Morgan fingerprint density at radius 1 is 0.656 bits per heavy atom. The van der Waals surface area contributed by atoms with Crippen LogP contribution in [-0.2, 0) is 32.9 Å². The minimum atomic E-state index is -3.81. The van der Waals surface area contributed by atoms with Crippen LogP contribution in [0.3, 0.4) is 0 Å². The number of rotatable bonds is 9. The van der Waals surface area contributed by atoms with Crippen molar-refractivity contribution < 1.29 is 16.8 Å². The lowest BCUT2D eigenvalue weighted by atomic mass is 10.0. The second kappa shape index (κ2) is 16.2. The van der Waals surface area contributed by atoms with E-state index in [9.17, 15) is 16.8 Å². The van der Waals surface area contributed by atoms with Crippen LogP contribution < -0.4 is 10.2 Å². The summed E-state index contributed by atoms with van der Waals surface area (Å²) in [5.74, 6) is 3.14. The third-order valence-electron chi connectivity index (χ3n) is 11.8. The average molecular weight is 896 g/mol. The first-order valence-corrected chi connectivity index (χ1v) is 23.6. The van der Waals surface area contributed by atoms with Crippen LogP contribution in [0.1, 0.15) is 41.3 Å². The number of nitriles is 1. The molecule has 2 aliphatic rings. The van der Waals surface area contributed by atoms with Gasteiger partial charge in [0.1, 0.15) is 23.5 Å². The van der Waals surface area contributed by atoms with Gasteiger partial charge in [0, 0.05) is 38.3 Å². The van der Waals surface area contributed by atoms with Crippen molar-refractivity contribution in [3.8, 4) is 6.07 Å². The van der Waals surface area contributed by atoms with Crippen LogP contribution in [0.2, 0.25) is 0 Å². The summed E-state index contributed by atoms with van der Waals surface area (Å²) in [6.07, 6.45) is 12.8. The van der Waals surface area contributed by atoms with Crippen molar-refractivity contribution in [3.05, 3.63) is 126 Å². The molecule has 0 bridgehead atoms. The summed E-state index contributed by atoms with van der Waals surface area (Å²) < 4.78 is 59.1. The van der Waals surface area contributed by atoms with Crippen LogP contribution in [-0.4, -0.2) is 100 Å². The maximum Gasteiger partial charge on any atom is 0.269 e. The van der Waals surface area contributed by atoms with Gasteiger partial charge in [0.15, 0.2) is 28.3 Å². The second-order valence-electron chi connectivity index (χ2n) is 16.2. The SMILES string of the molecule is Cc1ccc(S(=O)(=O)n2ccc3c2ncc2nnc(C[C@@H]4CCN(c5cnc(C#N)cn5)C4)n23)cc1.Cc1ccc(S(=O)(=O)n2ccc3c2ncc2nnc(C[C@@H]4CCNC4)n23)cc1. The van der Waals surface area contributed by atoms with E-state index < -0.39 is 20.0 Å². The van der Waals surface area contributed by atoms with Crippen molar-refractivity contribution in [2.45, 2.75) is 49.3 Å². The van der Waals surface area contributed by atoms with E-state index >= 15 is 0 Å². The third kappa shape index (κ3) is 7.38. The number of nitrogens with zero attached hydrogens (tertiary/aromatic N) is 14. The molecule has 19 nitrogen and oxygen atoms in total. The summed E-state index contributed by atoms with van der Waals surface area (Å²) in [7, 11) is -7.54. The molecule has 2 saturated heterocycles. The zero-order valence-corrected chi connectivity index (χ0v) is 36.4. The Kier molecular flexibility index (Phi) is 10.3. The lowest BCUT2D eigenvalue weighted by molar-refractivity contribution is 0.559. The highest BCUT2D eigenvalue weighted by atomic mass is 32.2. The second-order valence-corrected chi connectivity index (χ2v) is 19.8. The van der Waals surface area contributed by atoms with Gasteiger partial charge in [0.2, 0.25) is 0 Å². The molecule has 2 aromatic carbocycles. The van der Waals surface area contributed by atoms with Crippen molar-refractivity contribution in [2.24, 2.45) is 11.8 Å². The minimum absolute atomic E-state index is 0.202. The van der Waals surface area contributed by atoms with Crippen LogP contribution in [0.5, 0.6) is 0 Å². The summed E-state index contributed by atoms with van der Waals surface area (Å²) in [4.78, 5) is 19.8. The van der Waals surface area contributed by atoms with Crippen LogP contribution >= 0.6 is 0 Å². The minimum Gasteiger partial charge on any atom is -0.355 e. The van der Waals surface area contributed by atoms with Gasteiger partial charge in [0.25, 0.3) is 20.0 Å². The van der Waals surface area contributed by atoms with E-state index in [1.807, 2.05) is 28.7 Å². The van der Waals surface area contributed by atoms with Crippen molar-refractivity contribution in [1.29, 1.82) is 5.26 Å². The molecule has 0 radical (unpaired) electrons. The van der Waals surface area contributed by atoms with Crippen LogP contribution in [0, 0.1) is 37.0 Å². The molecule has 0 unspecified atom stereocenters. The standard InChI is InChI=1S/C24H21N9O2S.C19H20N6O2S/c1-16-2-4-19(5-3-16)36(34,35)32-9-7-20-24(32)28-14-23-30-29-21(33(20)23)10-17-6-8-31(15-17)22-13-26-18(11-25)12-27-22;1-13-2-4-15(5-3-13)28(26,27)24-9-7-16-19(24)21-12-18-23-22-17(25(16)18)10-14-6-8-20-11-14/h2-5,7,9,12-14,17H,6,8,10,15H2,1H3;2-5,7,9,12,14,20H,6,8,10-11H2,1H3/t17-;14-/m00/s1. The van der Waals surface area contributed by atoms with Crippen LogP contribution in [0.15, 0.2) is 108 Å². The average Bonchev–Trinajstić information content (AvgIpc) is 4.17. The first-order chi connectivity index (χ1) is 31.0. The van der Waals surface area contributed by atoms with Gasteiger partial charge in [0.05, 0.1) is 45.6 Å². The maximum absolute atomic E-state index is 13.3. The van der Waals surface area contributed by atoms with Gasteiger partial charge in [-0.2, -0.15) is 5.26 Å². The highest BCUT2D eigenvalue weighted by Gasteiger charge is 2.28. The fraction of sp³-hybridized carbons (Fsp3) is 0.279. The lowest BCUT2D eigenvalue weighted by Gasteiger charge is -2.16. The lowest BCUT2D eigenvalue weighted by Crippen LogP contribution is -2.21. The highest BCUT2D eigenvalue weighted by Crippen LogP contribution is 2.28. The summed E-state index contributed by atoms with van der Waals surface area (Å²) in [6, 6.07) is 19.0. The first kappa shape index (κ1) is 40.9. The van der Waals surface area contributed by atoms with Gasteiger partial charge in [-0.25, -0.2) is 44.7 Å². The van der Waals surface area contributed by atoms with Gasteiger partial charge < -0.3 is 10.2 Å². The zero-order chi connectivity index (χ0) is 44.2. The molecule has 324 valence electrons. The Balaban J connectivity index is 0.000000156. The predicted molar refractivity (Wildman–Crippen MR) is 236 cm³/mol. The van der Waals surface area contributed by atoms with E-state index in [2.05, 4.69) is 50.5 Å². The number of anilines is 1. The quantitative estimate of drug-likeness (QED) is 0.215. The molecule has 1 N–H and O–H groups in total. The molecule has 2 atom stereocenters. The summed E-state index contributed by atoms with van der Waals surface area (Å²) in [5, 5.41) is 29.5. The normalized spacial score (nSPS) is 16.8. The smallest absolute Gasteiger partial charge is 0.269 e. The summed E-state index contributed by atoms with van der Waals surface area (Å²) in [6.45, 7) is 7.41. The molecule has 0 saturated carbocycles. The van der Waals surface area contributed by atoms with Crippen LogP contribution in [0.25, 0.3) is 33.6 Å². The van der Waals surface area contributed by atoms with Crippen LogP contribution in [0.4, 0.5) is 5.82 Å². The monoisotopic (exact) mass is 895 g/mol. The van der Waals surface area contributed by atoms with Crippen molar-refractivity contribution >= 4 is 59.5 Å². The van der Waals surface area contributed by atoms with Gasteiger partial charge in [-0.1, -0.05) is 35.4 Å². The van der Waals surface area contributed by atoms with E-state index in [0.717, 1.165) is 74.0 Å². The number of fused-ring (bicyclic) bond motifs is 6. The molecule has 2 aliphatic heterocycles. The van der Waals surface area contributed by atoms with E-state index in [-0.39, 0.29) is 9.79 Å². The maximum atomic E-state index is 13.3. The zero-order valence-electron chi connectivity index (χ0n) is 34.8. The Labute approximate surface area is 367 Å². The molecule has 64 heavy (non-hydrogen) atoms. The Bertz CT molecular complexity index is 3460. The molecule has 0 aliphatic carbocycles. The number of hydrogen-bond acceptors (Lipinski definition) is 15. The topological polar surface area (TPSA) is 229 Å². The summed E-state index contributed by atoms with van der Waals surface area (Å²) in [5.41, 5.74) is 5.50. The highest BCUT2D eigenvalue weighted by molar-refractivity contribution is 7.90. The molecular weight excluding hydrogens is 855 g/mol. The largest absolute Gasteiger partial charge is 0.355 e. The number of hydrogen-bond donors (Lipinski definition) is 1. The van der Waals surface area contributed by atoms with E-state index in [1.54, 1.807) is 85.5 Å². The third-order valence-corrected chi connectivity index (χ3v) is 15.2. The van der Waals surface area contributed by atoms with Crippen molar-refractivity contribution in [1.82, 2.24) is 62.4 Å². The number of benzene rings is 2. The van der Waals surface area contributed by atoms with Crippen molar-refractivity contribution in [2.75, 3.05) is 31.1 Å². The van der Waals surface area contributed by atoms with Gasteiger partial charge in [-0.05, 0) is 88.0 Å². The Morgan fingerprint density at radius 3 is 1.69 bits per heavy atom. The van der Waals surface area contributed by atoms with E-state index in [4.69, 9.17) is 5.26 Å². The van der Waals surface area contributed by atoms with Crippen molar-refractivity contribution in [3.63, 3.8) is 0 Å². The molecule has 9 heterocycles. The predicted octanol–water partition coefficient (Wildman–Crippen LogP) is 4.13. The number of aromatic nitrogens is 12. The molecule has 2 fully saturated rings. The number of nitrogens with one attached hydrogen (secondary N) is 1. The molecule has 7 aromatic heterocycles. The van der Waals surface area contributed by atoms with Gasteiger partial charge >= 0.3 is 0 Å². The molecule has 0 amide bonds. The Hall–Kier alpha value is -7.15. The molecule has 9 aromatic rings. The van der Waals surface area contributed by atoms with E-state index in [0.29, 0.717) is 57.6 Å². The fourth-order valence-corrected chi connectivity index (χ4v) is 11.0. The molecule has 0 spiro atoms. The molecule has 11 rings (SSSR count). The Morgan fingerprint density at radius 2 is 1.20 bits per heavy atom. The van der Waals surface area contributed by atoms with E-state index in [1.165, 1.54) is 20.3 Å². The van der Waals surface area contributed by atoms with Gasteiger partial charge in [-0.3, -0.25) is 8.80 Å². The molecular formula is C43H41N15O4S2. The number of aryl methyl sites for hydroxylation is 2. The fourth-order valence-electron chi connectivity index (χ4n) is 8.43. The summed E-state index contributed by atoms with van der Waals surface area (Å²) >= 11 is 0. The van der Waals surface area contributed by atoms with Gasteiger partial charge in [-0.15, -0.1) is 20.4 Å². The first-order valence-electron chi connectivity index (χ1n) is 20.7. The molecule has 21 heteroatoms.